The van der Waals surface area contributed by atoms with Crippen molar-refractivity contribution in [2.45, 2.75) is 81.2 Å². The largest absolute Gasteiger partial charge is 0.461 e. The monoisotopic (exact) mass is 623 g/mol. The van der Waals surface area contributed by atoms with Gasteiger partial charge < -0.3 is 25.4 Å². The number of nitrogens with zero attached hydrogens (tertiary/aromatic N) is 7. The Balaban J connectivity index is 1.15. The van der Waals surface area contributed by atoms with Crippen LogP contribution < -0.4 is 25.4 Å². The Kier molecular flexibility index (Phi) is 6.18. The highest BCUT2D eigenvalue weighted by molar-refractivity contribution is 7.22. The Labute approximate surface area is 256 Å². The molecule has 14 heteroatoms. The lowest BCUT2D eigenvalue weighted by Crippen LogP contribution is -2.51. The summed E-state index contributed by atoms with van der Waals surface area (Å²) in [6, 6.07) is 4.53. The molecule has 1 saturated carbocycles. The number of benzene rings is 1. The number of nitrogen functional groups attached to an aromatic ring is 1. The van der Waals surface area contributed by atoms with Gasteiger partial charge in [-0.25, -0.2) is 13.8 Å². The molecule has 0 amide bonds. The van der Waals surface area contributed by atoms with Gasteiger partial charge in [-0.1, -0.05) is 11.3 Å². The molecule has 3 aromatic heterocycles. The molecule has 4 aliphatic heterocycles. The van der Waals surface area contributed by atoms with Gasteiger partial charge in [-0.05, 0) is 63.6 Å². The Bertz CT molecular complexity index is 1750. The van der Waals surface area contributed by atoms with E-state index in [-0.39, 0.29) is 28.5 Å². The van der Waals surface area contributed by atoms with E-state index in [0.29, 0.717) is 59.3 Å². The molecule has 5 fully saturated rings. The third-order valence-electron chi connectivity index (χ3n) is 10.3. The molecule has 44 heavy (non-hydrogen) atoms. The number of hydrogen-bond acceptors (Lipinski definition) is 11. The van der Waals surface area contributed by atoms with Crippen molar-refractivity contribution in [2.75, 3.05) is 43.4 Å². The number of nitrogens with one attached hydrogen (secondary N) is 1. The van der Waals surface area contributed by atoms with Crippen molar-refractivity contribution >= 4 is 43.7 Å². The first-order valence-electron chi connectivity index (χ1n) is 15.8. The summed E-state index contributed by atoms with van der Waals surface area (Å²) in [4.78, 5) is 23.7. The van der Waals surface area contributed by atoms with Crippen LogP contribution in [0.5, 0.6) is 17.8 Å². The highest BCUT2D eigenvalue weighted by atomic mass is 32.1. The summed E-state index contributed by atoms with van der Waals surface area (Å²) in [7, 11) is 0. The van der Waals surface area contributed by atoms with Crippen molar-refractivity contribution in [3.63, 3.8) is 0 Å². The molecule has 1 aromatic carbocycles. The van der Waals surface area contributed by atoms with E-state index in [0.717, 1.165) is 87.3 Å². The molecule has 7 heterocycles. The predicted molar refractivity (Wildman–Crippen MR) is 163 cm³/mol. The summed E-state index contributed by atoms with van der Waals surface area (Å²) < 4.78 is 44.4. The van der Waals surface area contributed by atoms with E-state index in [2.05, 4.69) is 24.7 Å². The molecule has 3 unspecified atom stereocenters. The Morgan fingerprint density at radius 2 is 1.89 bits per heavy atom. The minimum atomic E-state index is -0.835. The summed E-state index contributed by atoms with van der Waals surface area (Å²) in [5.41, 5.74) is 7.32. The van der Waals surface area contributed by atoms with E-state index >= 15 is 0 Å². The SMILES string of the molecule is Nc1nc2c(Oc3nc4nc(OC[C@@]56CCCN5CC(F)C6)nc(N5CC6CCC(C5)N6)c4n3C3CCC3)ccc(F)c2s1. The van der Waals surface area contributed by atoms with Crippen LogP contribution in [0.1, 0.15) is 57.4 Å². The molecular weight excluding hydrogens is 588 g/mol. The number of nitrogens with two attached hydrogens (primary N) is 1. The van der Waals surface area contributed by atoms with Crippen molar-refractivity contribution < 1.29 is 18.3 Å². The molecule has 1 aliphatic carbocycles. The quantitative estimate of drug-likeness (QED) is 0.303. The number of ether oxygens (including phenoxy) is 2. The molecule has 232 valence electrons. The first kappa shape index (κ1) is 27.0. The van der Waals surface area contributed by atoms with Crippen LogP contribution in [-0.4, -0.2) is 86.0 Å². The number of fused-ring (bicyclic) bond motifs is 5. The highest BCUT2D eigenvalue weighted by Gasteiger charge is 2.49. The number of piperazine rings is 1. The van der Waals surface area contributed by atoms with Crippen molar-refractivity contribution in [3.05, 3.63) is 17.9 Å². The van der Waals surface area contributed by atoms with Gasteiger partial charge in [0.25, 0.3) is 0 Å². The third kappa shape index (κ3) is 4.31. The zero-order valence-corrected chi connectivity index (χ0v) is 25.2. The molecule has 3 N–H and O–H groups in total. The van der Waals surface area contributed by atoms with Crippen LogP contribution in [0, 0.1) is 5.82 Å². The molecule has 4 atom stereocenters. The lowest BCUT2D eigenvalue weighted by atomic mass is 9.93. The summed E-state index contributed by atoms with van der Waals surface area (Å²) in [5, 5.41) is 3.98. The van der Waals surface area contributed by atoms with Crippen LogP contribution >= 0.6 is 11.3 Å². The number of hydrogen-bond donors (Lipinski definition) is 2. The Morgan fingerprint density at radius 3 is 2.68 bits per heavy atom. The molecule has 0 radical (unpaired) electrons. The van der Waals surface area contributed by atoms with E-state index < -0.39 is 6.17 Å². The number of alkyl halides is 1. The number of thiazole rings is 1. The lowest BCUT2D eigenvalue weighted by molar-refractivity contribution is 0.107. The van der Waals surface area contributed by atoms with Crippen molar-refractivity contribution in [2.24, 2.45) is 0 Å². The fourth-order valence-electron chi connectivity index (χ4n) is 8.05. The second-order valence-electron chi connectivity index (χ2n) is 13.1. The smallest absolute Gasteiger partial charge is 0.320 e. The first-order chi connectivity index (χ1) is 21.4. The van der Waals surface area contributed by atoms with E-state index in [1.807, 2.05) is 0 Å². The number of rotatable bonds is 7. The van der Waals surface area contributed by atoms with Gasteiger partial charge in [0.05, 0.1) is 10.2 Å². The van der Waals surface area contributed by atoms with Crippen molar-refractivity contribution in [1.82, 2.24) is 34.7 Å². The van der Waals surface area contributed by atoms with Gasteiger partial charge in [0.2, 0.25) is 0 Å². The second-order valence-corrected chi connectivity index (χ2v) is 14.2. The summed E-state index contributed by atoms with van der Waals surface area (Å²) in [6.45, 7) is 3.35. The zero-order valence-electron chi connectivity index (χ0n) is 24.3. The maximum atomic E-state index is 14.6. The second kappa shape index (κ2) is 10.1. The maximum absolute atomic E-state index is 14.6. The van der Waals surface area contributed by atoms with Crippen LogP contribution in [0.25, 0.3) is 21.4 Å². The number of imidazole rings is 1. The first-order valence-corrected chi connectivity index (χ1v) is 16.6. The molecule has 2 bridgehead atoms. The normalized spacial score (nSPS) is 28.7. The molecule has 5 aliphatic rings. The molecule has 9 rings (SSSR count). The standard InChI is InChI=1S/C30H35F2N9O2S/c31-16-11-30(9-2-10-40(30)12-16)15-42-28-36-25-23(26(38-28)39-13-17-5-6-18(14-39)34-17)41(19-3-1-4-19)29(37-25)43-21-8-7-20(32)24-22(21)35-27(33)44-24/h7-8,16-19,34H,1-6,9-15H2,(H2,33,35)/t16?,17?,18?,30-/m0/s1. The Morgan fingerprint density at radius 1 is 1.05 bits per heavy atom. The topological polar surface area (TPSA) is 119 Å². The van der Waals surface area contributed by atoms with Gasteiger partial charge in [-0.3, -0.25) is 9.47 Å². The number of aromatic nitrogens is 5. The molecule has 4 aromatic rings. The van der Waals surface area contributed by atoms with Gasteiger partial charge in [-0.15, -0.1) is 0 Å². The minimum absolute atomic E-state index is 0.172. The molecule has 11 nitrogen and oxygen atoms in total. The van der Waals surface area contributed by atoms with E-state index in [4.69, 9.17) is 30.2 Å². The van der Waals surface area contributed by atoms with Gasteiger partial charge in [0, 0.05) is 44.2 Å². The van der Waals surface area contributed by atoms with Crippen molar-refractivity contribution in [3.8, 4) is 17.8 Å². The number of anilines is 2. The lowest BCUT2D eigenvalue weighted by Gasteiger charge is -2.35. The van der Waals surface area contributed by atoms with Gasteiger partial charge in [0.15, 0.2) is 22.3 Å². The van der Waals surface area contributed by atoms with E-state index in [1.54, 1.807) is 6.07 Å². The van der Waals surface area contributed by atoms with Crippen LogP contribution in [0.3, 0.4) is 0 Å². The Hall–Kier alpha value is -3.36. The molecular formula is C30H35F2N9O2S. The van der Waals surface area contributed by atoms with Gasteiger partial charge in [0.1, 0.15) is 29.6 Å². The van der Waals surface area contributed by atoms with Crippen LogP contribution in [0.4, 0.5) is 19.7 Å². The minimum Gasteiger partial charge on any atom is -0.461 e. The average Bonchev–Trinajstić information content (AvgIpc) is 3.77. The van der Waals surface area contributed by atoms with Crippen LogP contribution in [-0.2, 0) is 0 Å². The van der Waals surface area contributed by atoms with Gasteiger partial charge >= 0.3 is 12.0 Å². The number of halogens is 2. The maximum Gasteiger partial charge on any atom is 0.320 e. The fraction of sp³-hybridized carbons (Fsp3) is 0.600. The fourth-order valence-corrected chi connectivity index (χ4v) is 8.81. The molecule has 4 saturated heterocycles. The zero-order chi connectivity index (χ0) is 29.6. The summed E-state index contributed by atoms with van der Waals surface area (Å²) in [5.74, 6) is 0.785. The highest BCUT2D eigenvalue weighted by Crippen LogP contribution is 2.44. The van der Waals surface area contributed by atoms with E-state index in [9.17, 15) is 8.78 Å². The summed E-state index contributed by atoms with van der Waals surface area (Å²) >= 11 is 1.09. The summed E-state index contributed by atoms with van der Waals surface area (Å²) in [6.07, 6.45) is 6.93. The van der Waals surface area contributed by atoms with Crippen LogP contribution in [0.2, 0.25) is 0 Å². The third-order valence-corrected chi connectivity index (χ3v) is 11.2. The predicted octanol–water partition coefficient (Wildman–Crippen LogP) is 4.57. The average molecular weight is 624 g/mol. The van der Waals surface area contributed by atoms with Gasteiger partial charge in [-0.2, -0.15) is 15.0 Å². The van der Waals surface area contributed by atoms with Crippen molar-refractivity contribution in [1.29, 1.82) is 0 Å². The van der Waals surface area contributed by atoms with E-state index in [1.165, 1.54) is 6.07 Å². The van der Waals surface area contributed by atoms with Crippen LogP contribution in [0.15, 0.2) is 12.1 Å². The molecule has 0 spiro atoms.